The molecule has 5 nitrogen and oxygen atoms in total. The van der Waals surface area contributed by atoms with Gasteiger partial charge in [0, 0.05) is 42.5 Å². The predicted octanol–water partition coefficient (Wildman–Crippen LogP) is 1.80. The summed E-state index contributed by atoms with van der Waals surface area (Å²) < 4.78 is 0. The van der Waals surface area contributed by atoms with Crippen LogP contribution in [0.2, 0.25) is 0 Å². The molecule has 0 saturated heterocycles. The second-order valence-electron chi connectivity index (χ2n) is 3.23. The lowest BCUT2D eigenvalue weighted by Crippen LogP contribution is -2.04. The number of nitrogens with one attached hydrogen (secondary N) is 2. The van der Waals surface area contributed by atoms with Crippen LogP contribution in [0.4, 0.5) is 5.95 Å². The Morgan fingerprint density at radius 3 is 2.75 bits per heavy atom. The van der Waals surface area contributed by atoms with Crippen LogP contribution in [-0.4, -0.2) is 21.5 Å². The first-order chi connectivity index (χ1) is 7.90. The van der Waals surface area contributed by atoms with Crippen molar-refractivity contribution in [2.45, 2.75) is 6.42 Å². The summed E-state index contributed by atoms with van der Waals surface area (Å²) in [5, 5.41) is 11.3. The summed E-state index contributed by atoms with van der Waals surface area (Å²) >= 11 is 0. The van der Waals surface area contributed by atoms with Crippen molar-refractivity contribution in [2.24, 2.45) is 0 Å². The Kier molecular flexibility index (Phi) is 3.14. The van der Waals surface area contributed by atoms with Crippen LogP contribution in [0, 0.1) is 11.3 Å². The van der Waals surface area contributed by atoms with Gasteiger partial charge in [0.2, 0.25) is 5.95 Å². The highest BCUT2D eigenvalue weighted by Gasteiger charge is 1.99. The third-order valence-corrected chi connectivity index (χ3v) is 2.10. The van der Waals surface area contributed by atoms with Gasteiger partial charge in [-0.05, 0) is 6.07 Å². The Balaban J connectivity index is 2.03. The van der Waals surface area contributed by atoms with E-state index in [0.29, 0.717) is 18.9 Å². The number of rotatable bonds is 4. The largest absolute Gasteiger partial charge is 0.367 e. The molecule has 0 amide bonds. The van der Waals surface area contributed by atoms with Gasteiger partial charge in [-0.15, -0.1) is 0 Å². The average molecular weight is 213 g/mol. The first-order valence-electron chi connectivity index (χ1n) is 4.96. The minimum atomic E-state index is 0.447. The molecule has 0 unspecified atom stereocenters. The number of anilines is 1. The third-order valence-electron chi connectivity index (χ3n) is 2.10. The molecule has 2 aromatic heterocycles. The van der Waals surface area contributed by atoms with Crippen molar-refractivity contribution in [2.75, 3.05) is 11.9 Å². The van der Waals surface area contributed by atoms with Crippen LogP contribution in [0.25, 0.3) is 11.1 Å². The van der Waals surface area contributed by atoms with Crippen LogP contribution in [-0.2, 0) is 0 Å². The van der Waals surface area contributed by atoms with Gasteiger partial charge in [0.25, 0.3) is 0 Å². The molecule has 0 atom stereocenters. The van der Waals surface area contributed by atoms with Crippen LogP contribution in [0.5, 0.6) is 0 Å². The molecular formula is C11H11N5. The standard InChI is InChI=1S/C11H11N5/c12-3-1-4-14-11-15-7-10(8-16-11)9-2-5-13-6-9/h2,5-8,13H,1,4H2,(H,14,15,16). The van der Waals surface area contributed by atoms with Crippen LogP contribution < -0.4 is 5.32 Å². The van der Waals surface area contributed by atoms with Crippen molar-refractivity contribution in [3.8, 4) is 17.2 Å². The van der Waals surface area contributed by atoms with Gasteiger partial charge in [0.1, 0.15) is 0 Å². The topological polar surface area (TPSA) is 77.4 Å². The summed E-state index contributed by atoms with van der Waals surface area (Å²) in [7, 11) is 0. The molecule has 16 heavy (non-hydrogen) atoms. The molecular weight excluding hydrogens is 202 g/mol. The highest BCUT2D eigenvalue weighted by Crippen LogP contribution is 2.16. The Morgan fingerprint density at radius 2 is 2.12 bits per heavy atom. The first-order valence-corrected chi connectivity index (χ1v) is 4.96. The van der Waals surface area contributed by atoms with Gasteiger partial charge in [0.15, 0.2) is 0 Å². The third kappa shape index (κ3) is 2.36. The number of nitriles is 1. The summed E-state index contributed by atoms with van der Waals surface area (Å²) in [5.74, 6) is 0.550. The maximum absolute atomic E-state index is 8.38. The molecule has 2 N–H and O–H groups in total. The zero-order valence-electron chi connectivity index (χ0n) is 8.64. The van der Waals surface area contributed by atoms with E-state index in [-0.39, 0.29) is 0 Å². The van der Waals surface area contributed by atoms with E-state index in [1.807, 2.05) is 24.5 Å². The zero-order chi connectivity index (χ0) is 11.2. The van der Waals surface area contributed by atoms with E-state index in [4.69, 9.17) is 5.26 Å². The Bertz CT molecular complexity index is 466. The summed E-state index contributed by atoms with van der Waals surface area (Å²) in [6, 6.07) is 4.01. The Labute approximate surface area is 93.2 Å². The molecule has 0 aliphatic carbocycles. The highest BCUT2D eigenvalue weighted by atomic mass is 15.1. The average Bonchev–Trinajstić information content (AvgIpc) is 2.84. The van der Waals surface area contributed by atoms with Crippen LogP contribution in [0.15, 0.2) is 30.9 Å². The molecule has 0 aromatic carbocycles. The lowest BCUT2D eigenvalue weighted by Gasteiger charge is -2.02. The molecule has 0 spiro atoms. The monoisotopic (exact) mass is 213 g/mol. The summed E-state index contributed by atoms with van der Waals surface area (Å²) in [6.45, 7) is 0.569. The van der Waals surface area contributed by atoms with Gasteiger partial charge in [-0.3, -0.25) is 0 Å². The minimum Gasteiger partial charge on any atom is -0.367 e. The number of aromatic amines is 1. The number of aromatic nitrogens is 3. The maximum Gasteiger partial charge on any atom is 0.222 e. The van der Waals surface area contributed by atoms with Crippen molar-refractivity contribution < 1.29 is 0 Å². The number of H-pyrrole nitrogens is 1. The second kappa shape index (κ2) is 4.94. The van der Waals surface area contributed by atoms with Gasteiger partial charge in [-0.1, -0.05) is 0 Å². The van der Waals surface area contributed by atoms with E-state index in [1.54, 1.807) is 12.4 Å². The number of nitrogens with zero attached hydrogens (tertiary/aromatic N) is 3. The fraction of sp³-hybridized carbons (Fsp3) is 0.182. The van der Waals surface area contributed by atoms with Gasteiger partial charge < -0.3 is 10.3 Å². The molecule has 2 aromatic rings. The Morgan fingerprint density at radius 1 is 1.31 bits per heavy atom. The molecule has 5 heteroatoms. The van der Waals surface area contributed by atoms with Crippen LogP contribution in [0.3, 0.4) is 0 Å². The van der Waals surface area contributed by atoms with Gasteiger partial charge in [0.05, 0.1) is 12.5 Å². The quantitative estimate of drug-likeness (QED) is 0.759. The van der Waals surface area contributed by atoms with Crippen LogP contribution >= 0.6 is 0 Å². The van der Waals surface area contributed by atoms with Crippen molar-refractivity contribution in [1.29, 1.82) is 5.26 Å². The molecule has 80 valence electrons. The highest BCUT2D eigenvalue weighted by molar-refractivity contribution is 5.60. The van der Waals surface area contributed by atoms with Gasteiger partial charge in [-0.2, -0.15) is 5.26 Å². The van der Waals surface area contributed by atoms with Crippen molar-refractivity contribution in [3.05, 3.63) is 30.9 Å². The molecule has 0 aliphatic rings. The van der Waals surface area contributed by atoms with E-state index in [0.717, 1.165) is 11.1 Å². The summed E-state index contributed by atoms with van der Waals surface area (Å²) in [6.07, 6.45) is 7.70. The normalized spacial score (nSPS) is 9.69. The molecule has 2 rings (SSSR count). The molecule has 0 fully saturated rings. The number of hydrogen-bond acceptors (Lipinski definition) is 4. The maximum atomic E-state index is 8.38. The fourth-order valence-corrected chi connectivity index (χ4v) is 1.30. The molecule has 0 aliphatic heterocycles. The van der Waals surface area contributed by atoms with E-state index in [1.165, 1.54) is 0 Å². The molecule has 0 saturated carbocycles. The van der Waals surface area contributed by atoms with E-state index in [2.05, 4.69) is 20.3 Å². The van der Waals surface area contributed by atoms with Crippen LogP contribution in [0.1, 0.15) is 6.42 Å². The van der Waals surface area contributed by atoms with Gasteiger partial charge >= 0.3 is 0 Å². The second-order valence-corrected chi connectivity index (χ2v) is 3.23. The zero-order valence-corrected chi connectivity index (χ0v) is 8.64. The smallest absolute Gasteiger partial charge is 0.222 e. The van der Waals surface area contributed by atoms with E-state index >= 15 is 0 Å². The van der Waals surface area contributed by atoms with Gasteiger partial charge in [-0.25, -0.2) is 9.97 Å². The lowest BCUT2D eigenvalue weighted by molar-refractivity contribution is 1.02. The van der Waals surface area contributed by atoms with Crippen molar-refractivity contribution >= 4 is 5.95 Å². The number of hydrogen-bond donors (Lipinski definition) is 2. The molecule has 0 radical (unpaired) electrons. The summed E-state index contributed by atoms with van der Waals surface area (Å²) in [4.78, 5) is 11.3. The lowest BCUT2D eigenvalue weighted by atomic mass is 10.2. The summed E-state index contributed by atoms with van der Waals surface area (Å²) in [5.41, 5.74) is 2.02. The van der Waals surface area contributed by atoms with Crippen molar-refractivity contribution in [3.63, 3.8) is 0 Å². The fourth-order valence-electron chi connectivity index (χ4n) is 1.30. The SMILES string of the molecule is N#CCCNc1ncc(-c2cc[nH]c2)cn1. The first kappa shape index (κ1) is 10.2. The van der Waals surface area contributed by atoms with E-state index < -0.39 is 0 Å². The van der Waals surface area contributed by atoms with E-state index in [9.17, 15) is 0 Å². The molecule has 2 heterocycles. The molecule has 0 bridgehead atoms. The predicted molar refractivity (Wildman–Crippen MR) is 60.5 cm³/mol. The van der Waals surface area contributed by atoms with Crippen molar-refractivity contribution in [1.82, 2.24) is 15.0 Å². The minimum absolute atomic E-state index is 0.447. The Hall–Kier alpha value is -2.35.